The number of para-hydroxylation sites is 1. The number of aromatic nitrogens is 2. The number of hydrogen-bond donors (Lipinski definition) is 1. The number of nitrogens with zero attached hydrogens (tertiary/aromatic N) is 3. The zero-order valence-electron chi connectivity index (χ0n) is 21.0. The van der Waals surface area contributed by atoms with Crippen LogP contribution in [0.3, 0.4) is 0 Å². The summed E-state index contributed by atoms with van der Waals surface area (Å²) in [5.41, 5.74) is 0.496. The van der Waals surface area contributed by atoms with Gasteiger partial charge >= 0.3 is 5.97 Å². The van der Waals surface area contributed by atoms with Crippen LogP contribution in [0.2, 0.25) is 5.02 Å². The zero-order chi connectivity index (χ0) is 27.6. The van der Waals surface area contributed by atoms with Gasteiger partial charge in [-0.2, -0.15) is 4.31 Å². The predicted molar refractivity (Wildman–Crippen MR) is 140 cm³/mol. The van der Waals surface area contributed by atoms with Crippen molar-refractivity contribution >= 4 is 39.2 Å². The molecule has 1 atom stereocenters. The fraction of sp³-hybridized carbons (Fsp3) is 0.320. The molecule has 0 bridgehead atoms. The minimum Gasteiger partial charge on any atom is -0.449 e. The van der Waals surface area contributed by atoms with Crippen LogP contribution < -0.4 is 10.9 Å². The molecule has 2 aromatic carbocycles. The summed E-state index contributed by atoms with van der Waals surface area (Å²) in [6.07, 6.45) is -1.32. The van der Waals surface area contributed by atoms with Crippen molar-refractivity contribution in [2.75, 3.05) is 31.6 Å². The second-order valence-electron chi connectivity index (χ2n) is 8.63. The molecule has 1 amide bonds. The van der Waals surface area contributed by atoms with E-state index in [-0.39, 0.29) is 47.5 Å². The van der Waals surface area contributed by atoms with Gasteiger partial charge in [-0.3, -0.25) is 14.3 Å². The van der Waals surface area contributed by atoms with Crippen LogP contribution in [0.1, 0.15) is 23.0 Å². The van der Waals surface area contributed by atoms with Crippen LogP contribution in [-0.2, 0) is 31.3 Å². The van der Waals surface area contributed by atoms with Crippen molar-refractivity contribution in [3.63, 3.8) is 0 Å². The number of esters is 1. The second kappa shape index (κ2) is 11.1. The van der Waals surface area contributed by atoms with Gasteiger partial charge in [0.2, 0.25) is 10.0 Å². The maximum absolute atomic E-state index is 13.1. The minimum atomic E-state index is -3.89. The van der Waals surface area contributed by atoms with Crippen LogP contribution in [0.15, 0.2) is 58.2 Å². The van der Waals surface area contributed by atoms with Gasteiger partial charge in [0.1, 0.15) is 5.69 Å². The van der Waals surface area contributed by atoms with Gasteiger partial charge in [0.25, 0.3) is 11.5 Å². The van der Waals surface area contributed by atoms with E-state index in [0.29, 0.717) is 11.4 Å². The van der Waals surface area contributed by atoms with Gasteiger partial charge in [0.05, 0.1) is 40.1 Å². The lowest BCUT2D eigenvalue weighted by molar-refractivity contribution is -0.123. The number of morpholine rings is 1. The van der Waals surface area contributed by atoms with Gasteiger partial charge < -0.3 is 14.8 Å². The third-order valence-corrected chi connectivity index (χ3v) is 8.45. The molecular weight excluding hydrogens is 536 g/mol. The number of hydrogen-bond acceptors (Lipinski definition) is 7. The molecular formula is C25H27ClN4O7S. The Morgan fingerprint density at radius 3 is 2.42 bits per heavy atom. The van der Waals surface area contributed by atoms with Crippen LogP contribution >= 0.6 is 11.6 Å². The highest BCUT2D eigenvalue weighted by molar-refractivity contribution is 7.89. The summed E-state index contributed by atoms with van der Waals surface area (Å²) in [5, 5.41) is 2.51. The molecule has 1 aliphatic heterocycles. The molecule has 0 spiro atoms. The van der Waals surface area contributed by atoms with Crippen LogP contribution in [0.25, 0.3) is 5.69 Å². The lowest BCUT2D eigenvalue weighted by Gasteiger charge is -2.26. The summed E-state index contributed by atoms with van der Waals surface area (Å²) < 4.78 is 40.7. The van der Waals surface area contributed by atoms with E-state index in [1.807, 2.05) is 6.07 Å². The lowest BCUT2D eigenvalue weighted by atomic mass is 10.2. The lowest BCUT2D eigenvalue weighted by Crippen LogP contribution is -2.40. The number of carbonyl (C=O) groups excluding carboxylic acids is 2. The van der Waals surface area contributed by atoms with Crippen molar-refractivity contribution in [1.82, 2.24) is 13.7 Å². The number of carbonyl (C=O) groups is 2. The summed E-state index contributed by atoms with van der Waals surface area (Å²) >= 11 is 6.16. The molecule has 202 valence electrons. The van der Waals surface area contributed by atoms with Crippen molar-refractivity contribution in [3.05, 3.63) is 75.2 Å². The highest BCUT2D eigenvalue weighted by Crippen LogP contribution is 2.25. The number of ether oxygens (including phenoxy) is 2. The van der Waals surface area contributed by atoms with E-state index in [1.54, 1.807) is 42.9 Å². The van der Waals surface area contributed by atoms with E-state index in [4.69, 9.17) is 21.1 Å². The number of halogens is 1. The number of benzene rings is 2. The van der Waals surface area contributed by atoms with E-state index < -0.39 is 33.6 Å². The van der Waals surface area contributed by atoms with E-state index in [9.17, 15) is 22.8 Å². The van der Waals surface area contributed by atoms with Crippen LogP contribution in [-0.4, -0.2) is 66.4 Å². The molecule has 0 aliphatic carbocycles. The van der Waals surface area contributed by atoms with Crippen molar-refractivity contribution in [3.8, 4) is 5.69 Å². The fourth-order valence-electron chi connectivity index (χ4n) is 3.97. The van der Waals surface area contributed by atoms with Gasteiger partial charge in [-0.15, -0.1) is 0 Å². The first kappa shape index (κ1) is 27.6. The van der Waals surface area contributed by atoms with Gasteiger partial charge in [0, 0.05) is 20.1 Å². The number of sulfonamides is 1. The van der Waals surface area contributed by atoms with Crippen LogP contribution in [0, 0.1) is 6.92 Å². The molecule has 1 unspecified atom stereocenters. The standard InChI is InChI=1S/C25H27ClN4O7S/c1-16-22(24(32)30(28(16)3)18-7-5-4-6-8-18)27-23(31)17(2)37-25(33)20-15-19(9-10-21(20)26)38(34,35)29-11-13-36-14-12-29/h4-10,15,17H,11-14H2,1-3H3,(H,27,31). The predicted octanol–water partition coefficient (Wildman–Crippen LogP) is 2.34. The average Bonchev–Trinajstić information content (AvgIpc) is 3.12. The molecule has 0 radical (unpaired) electrons. The summed E-state index contributed by atoms with van der Waals surface area (Å²) in [4.78, 5) is 38.7. The van der Waals surface area contributed by atoms with Crippen molar-refractivity contribution in [2.24, 2.45) is 7.05 Å². The number of anilines is 1. The Bertz CT molecular complexity index is 1530. The zero-order valence-corrected chi connectivity index (χ0v) is 22.6. The largest absolute Gasteiger partial charge is 0.449 e. The molecule has 1 fully saturated rings. The number of amides is 1. The fourth-order valence-corrected chi connectivity index (χ4v) is 5.60. The number of nitrogens with one attached hydrogen (secondary N) is 1. The molecule has 3 aromatic rings. The molecule has 4 rings (SSSR count). The summed E-state index contributed by atoms with van der Waals surface area (Å²) in [6, 6.07) is 12.6. The first-order valence-corrected chi connectivity index (χ1v) is 13.6. The van der Waals surface area contributed by atoms with Gasteiger partial charge in [-0.1, -0.05) is 29.8 Å². The highest BCUT2D eigenvalue weighted by Gasteiger charge is 2.29. The highest BCUT2D eigenvalue weighted by atomic mass is 35.5. The molecule has 1 N–H and O–H groups in total. The molecule has 38 heavy (non-hydrogen) atoms. The normalized spacial score (nSPS) is 15.2. The molecule has 1 aromatic heterocycles. The maximum atomic E-state index is 13.1. The quantitative estimate of drug-likeness (QED) is 0.438. The van der Waals surface area contributed by atoms with Crippen LogP contribution in [0.5, 0.6) is 0 Å². The van der Waals surface area contributed by atoms with Gasteiger partial charge in [-0.25, -0.2) is 17.9 Å². The van der Waals surface area contributed by atoms with Crippen molar-refractivity contribution < 1.29 is 27.5 Å². The molecule has 0 saturated carbocycles. The van der Waals surface area contributed by atoms with Crippen molar-refractivity contribution in [1.29, 1.82) is 0 Å². The van der Waals surface area contributed by atoms with Crippen molar-refractivity contribution in [2.45, 2.75) is 24.8 Å². The molecule has 1 aliphatic rings. The first-order valence-electron chi connectivity index (χ1n) is 11.8. The molecule has 1 saturated heterocycles. The molecule has 2 heterocycles. The Kier molecular flexibility index (Phi) is 8.07. The monoisotopic (exact) mass is 562 g/mol. The summed E-state index contributed by atoms with van der Waals surface area (Å²) in [7, 11) is -2.20. The Hall–Kier alpha value is -3.45. The SMILES string of the molecule is Cc1c(NC(=O)C(C)OC(=O)c2cc(S(=O)(=O)N3CCOCC3)ccc2Cl)c(=O)n(-c2ccccc2)n1C. The third-order valence-electron chi connectivity index (χ3n) is 6.22. The Labute approximate surface area is 224 Å². The van der Waals surface area contributed by atoms with E-state index in [0.717, 1.165) is 6.07 Å². The second-order valence-corrected chi connectivity index (χ2v) is 11.0. The first-order chi connectivity index (χ1) is 18.0. The molecule has 11 nitrogen and oxygen atoms in total. The van der Waals surface area contributed by atoms with E-state index in [2.05, 4.69) is 5.32 Å². The van der Waals surface area contributed by atoms with E-state index >= 15 is 0 Å². The third kappa shape index (κ3) is 5.39. The minimum absolute atomic E-state index is 0.0341. The Balaban J connectivity index is 1.51. The van der Waals surface area contributed by atoms with Gasteiger partial charge in [0.15, 0.2) is 6.10 Å². The number of rotatable bonds is 7. The maximum Gasteiger partial charge on any atom is 0.340 e. The van der Waals surface area contributed by atoms with E-state index in [1.165, 1.54) is 28.0 Å². The topological polar surface area (TPSA) is 129 Å². The Morgan fingerprint density at radius 1 is 1.11 bits per heavy atom. The van der Waals surface area contributed by atoms with Gasteiger partial charge in [-0.05, 0) is 44.2 Å². The smallest absolute Gasteiger partial charge is 0.340 e. The average molecular weight is 563 g/mol. The summed E-state index contributed by atoms with van der Waals surface area (Å²) in [5.74, 6) is -1.72. The Morgan fingerprint density at radius 2 is 1.76 bits per heavy atom. The summed E-state index contributed by atoms with van der Waals surface area (Å²) in [6.45, 7) is 3.92. The van der Waals surface area contributed by atoms with Crippen LogP contribution in [0.4, 0.5) is 5.69 Å². The molecule has 13 heteroatoms.